The molecule has 42 heavy (non-hydrogen) atoms. The van der Waals surface area contributed by atoms with Crippen molar-refractivity contribution in [3.63, 3.8) is 0 Å². The highest BCUT2D eigenvalue weighted by molar-refractivity contribution is 9.12. The number of nitriles is 1. The Morgan fingerprint density at radius 2 is 1.40 bits per heavy atom. The Morgan fingerprint density at radius 3 is 1.95 bits per heavy atom. The Bertz CT molecular complexity index is 1360. The number of carbonyl (C=O) groups is 2. The molecule has 5 aliphatic rings. The predicted molar refractivity (Wildman–Crippen MR) is 173 cm³/mol. The van der Waals surface area contributed by atoms with Gasteiger partial charge in [0.25, 0.3) is 0 Å². The monoisotopic (exact) mass is 632 g/mol. The van der Waals surface area contributed by atoms with Gasteiger partial charge >= 0.3 is 0 Å². The summed E-state index contributed by atoms with van der Waals surface area (Å²) in [4.78, 5) is 30.7. The Hall–Kier alpha value is -2.63. The van der Waals surface area contributed by atoms with Crippen molar-refractivity contribution in [2.24, 2.45) is 11.8 Å². The quantitative estimate of drug-likeness (QED) is 0.346. The van der Waals surface area contributed by atoms with Gasteiger partial charge in [-0.25, -0.2) is 0 Å². The zero-order chi connectivity index (χ0) is 30.4. The predicted octanol–water partition coefficient (Wildman–Crippen LogP) is 6.24. The maximum Gasteiger partial charge on any atom is 0.166 e. The average molecular weight is 634 g/mol. The molecule has 2 aliphatic carbocycles. The summed E-state index contributed by atoms with van der Waals surface area (Å²) in [6, 6.07) is 12.7. The SMILES string of the molecule is CC1=CCN(C)CC1.Cc1ccc2c(c1)C(=O)[C@@H]1CCN(C)C[C@H]21.Cc1ccc2c(c1)C(=O)[C@@H]1CCNC[C@H]21.N#CBr. The van der Waals surface area contributed by atoms with E-state index in [4.69, 9.17) is 5.26 Å². The van der Waals surface area contributed by atoms with Crippen LogP contribution in [0.4, 0.5) is 0 Å². The molecule has 7 heteroatoms. The molecule has 2 saturated heterocycles. The minimum absolute atomic E-state index is 0.253. The van der Waals surface area contributed by atoms with E-state index >= 15 is 0 Å². The fourth-order valence-electron chi connectivity index (χ4n) is 6.93. The molecule has 2 aromatic carbocycles. The van der Waals surface area contributed by atoms with Crippen LogP contribution in [-0.4, -0.2) is 74.7 Å². The highest BCUT2D eigenvalue weighted by Crippen LogP contribution is 2.43. The van der Waals surface area contributed by atoms with Crippen LogP contribution in [0, 0.1) is 35.9 Å². The second-order valence-corrected chi connectivity index (χ2v) is 12.9. The summed E-state index contributed by atoms with van der Waals surface area (Å²) in [6.45, 7) is 12.7. The molecular weight excluding hydrogens is 588 g/mol. The number of nitrogens with zero attached hydrogens (tertiary/aromatic N) is 3. The number of piperidine rings is 2. The van der Waals surface area contributed by atoms with E-state index in [1.807, 2.05) is 6.92 Å². The third-order valence-electron chi connectivity index (χ3n) is 9.36. The lowest BCUT2D eigenvalue weighted by atomic mass is 9.86. The van der Waals surface area contributed by atoms with Crippen molar-refractivity contribution in [1.82, 2.24) is 15.1 Å². The largest absolute Gasteiger partial charge is 0.316 e. The molecule has 0 bridgehead atoms. The van der Waals surface area contributed by atoms with Gasteiger partial charge in [0.05, 0.1) is 0 Å². The second-order valence-electron chi connectivity index (χ2n) is 12.5. The number of Topliss-reactive ketones (excluding diaryl/α,β-unsaturated/α-hetero) is 2. The Balaban J connectivity index is 0.000000145. The molecule has 2 fully saturated rings. The van der Waals surface area contributed by atoms with Crippen LogP contribution in [0.5, 0.6) is 0 Å². The average Bonchev–Trinajstić information content (AvgIpc) is 3.41. The molecule has 3 aliphatic heterocycles. The lowest BCUT2D eigenvalue weighted by Crippen LogP contribution is -2.36. The van der Waals surface area contributed by atoms with Gasteiger partial charge < -0.3 is 15.1 Å². The summed E-state index contributed by atoms with van der Waals surface area (Å²) in [5.74, 6) is 2.15. The second kappa shape index (κ2) is 14.7. The smallest absolute Gasteiger partial charge is 0.166 e. The van der Waals surface area contributed by atoms with Crippen molar-refractivity contribution < 1.29 is 9.59 Å². The van der Waals surface area contributed by atoms with Gasteiger partial charge in [-0.2, -0.15) is 5.26 Å². The van der Waals surface area contributed by atoms with E-state index in [0.29, 0.717) is 23.4 Å². The first-order chi connectivity index (χ1) is 20.1. The first-order valence-electron chi connectivity index (χ1n) is 15.2. The first kappa shape index (κ1) is 32.3. The van der Waals surface area contributed by atoms with Crippen LogP contribution in [0.25, 0.3) is 0 Å². The van der Waals surface area contributed by atoms with E-state index < -0.39 is 0 Å². The van der Waals surface area contributed by atoms with Gasteiger partial charge in [0.2, 0.25) is 0 Å². The third-order valence-corrected chi connectivity index (χ3v) is 9.36. The van der Waals surface area contributed by atoms with Crippen LogP contribution in [0.2, 0.25) is 0 Å². The van der Waals surface area contributed by atoms with Crippen molar-refractivity contribution in [1.29, 1.82) is 5.26 Å². The van der Waals surface area contributed by atoms with Crippen LogP contribution < -0.4 is 5.32 Å². The van der Waals surface area contributed by atoms with Crippen molar-refractivity contribution >= 4 is 27.5 Å². The lowest BCUT2D eigenvalue weighted by Gasteiger charge is -2.31. The van der Waals surface area contributed by atoms with Gasteiger partial charge in [0, 0.05) is 76.9 Å². The molecule has 0 aromatic heterocycles. The van der Waals surface area contributed by atoms with Crippen molar-refractivity contribution in [2.45, 2.75) is 51.9 Å². The highest BCUT2D eigenvalue weighted by Gasteiger charge is 2.42. The molecule has 7 rings (SSSR count). The molecule has 2 aromatic rings. The van der Waals surface area contributed by atoms with Crippen molar-refractivity contribution in [3.8, 4) is 4.98 Å². The van der Waals surface area contributed by atoms with E-state index in [1.54, 1.807) is 10.6 Å². The number of nitrogens with one attached hydrogen (secondary N) is 1. The van der Waals surface area contributed by atoms with Crippen LogP contribution in [0.1, 0.15) is 81.0 Å². The van der Waals surface area contributed by atoms with E-state index in [2.05, 4.69) is 101 Å². The number of hydrogen-bond donors (Lipinski definition) is 1. The van der Waals surface area contributed by atoms with Gasteiger partial charge in [0.1, 0.15) is 4.98 Å². The minimum atomic E-state index is 0.253. The number of rotatable bonds is 0. The zero-order valence-corrected chi connectivity index (χ0v) is 27.3. The molecule has 4 atom stereocenters. The maximum atomic E-state index is 12.3. The fraction of sp³-hybridized carbons (Fsp3) is 0.514. The van der Waals surface area contributed by atoms with Crippen LogP contribution in [0.15, 0.2) is 48.0 Å². The third kappa shape index (κ3) is 7.47. The van der Waals surface area contributed by atoms with Crippen molar-refractivity contribution in [3.05, 3.63) is 81.4 Å². The molecule has 0 unspecified atom stereocenters. The Kier molecular flexibility index (Phi) is 11.3. The maximum absolute atomic E-state index is 12.3. The Morgan fingerprint density at radius 1 is 0.833 bits per heavy atom. The standard InChI is InChI=1S/C14H17NO.C13H15NO.C7H13N.CBrN/c1-9-3-4-10-12(7-9)14(16)11-5-6-15(2)8-13(10)11;1-8-2-3-9-11(6-8)13(15)10-4-5-14-7-12(9)10;1-7-3-5-8(2)6-4-7;2-1-3/h3-4,7,11,13H,5-6,8H2,1-2H3;2-3,6,10,12,14H,4-5,7H2,1H3;3H,4-6H2,1-2H3;/t11-,13-;10-,12-;;/m11../s1. The van der Waals surface area contributed by atoms with Crippen LogP contribution in [-0.2, 0) is 0 Å². The van der Waals surface area contributed by atoms with Gasteiger partial charge in [-0.3, -0.25) is 9.59 Å². The molecule has 3 heterocycles. The van der Waals surface area contributed by atoms with Crippen LogP contribution in [0.3, 0.4) is 0 Å². The first-order valence-corrected chi connectivity index (χ1v) is 16.0. The lowest BCUT2D eigenvalue weighted by molar-refractivity contribution is 0.0859. The number of fused-ring (bicyclic) bond motifs is 6. The summed E-state index contributed by atoms with van der Waals surface area (Å²) in [5, 5.41) is 10.6. The molecule has 0 saturated carbocycles. The zero-order valence-electron chi connectivity index (χ0n) is 25.8. The molecular formula is C35H45BrN4O2. The summed E-state index contributed by atoms with van der Waals surface area (Å²) >= 11 is 2.45. The summed E-state index contributed by atoms with van der Waals surface area (Å²) < 4.78 is 0. The van der Waals surface area contributed by atoms with Crippen molar-refractivity contribution in [2.75, 3.05) is 53.4 Å². The molecule has 0 radical (unpaired) electrons. The number of likely N-dealkylation sites (N-methyl/N-ethyl adjacent to an activating group) is 2. The number of benzene rings is 2. The number of hydrogen-bond acceptors (Lipinski definition) is 6. The summed E-state index contributed by atoms with van der Waals surface area (Å²) in [5.41, 5.74) is 8.45. The minimum Gasteiger partial charge on any atom is -0.316 e. The highest BCUT2D eigenvalue weighted by atomic mass is 79.9. The van der Waals surface area contributed by atoms with E-state index in [1.165, 1.54) is 35.2 Å². The molecule has 0 spiro atoms. The van der Waals surface area contributed by atoms with Crippen LogP contribution >= 0.6 is 15.9 Å². The van der Waals surface area contributed by atoms with E-state index in [0.717, 1.165) is 56.7 Å². The van der Waals surface area contributed by atoms with E-state index in [9.17, 15) is 9.59 Å². The van der Waals surface area contributed by atoms with Gasteiger partial charge in [-0.1, -0.05) is 47.0 Å². The topological polar surface area (TPSA) is 76.4 Å². The van der Waals surface area contributed by atoms with Gasteiger partial charge in [-0.15, -0.1) is 0 Å². The van der Waals surface area contributed by atoms with E-state index in [-0.39, 0.29) is 11.8 Å². The summed E-state index contributed by atoms with van der Waals surface area (Å²) in [6.07, 6.45) is 5.57. The Labute approximate surface area is 260 Å². The fourth-order valence-corrected chi connectivity index (χ4v) is 6.93. The summed E-state index contributed by atoms with van der Waals surface area (Å²) in [7, 11) is 4.30. The molecule has 1 N–H and O–H groups in total. The normalized spacial score (nSPS) is 25.9. The number of aryl methyl sites for hydroxylation is 2. The number of carbonyl (C=O) groups excluding carboxylic acids is 2. The number of ketones is 2. The molecule has 224 valence electrons. The number of halogens is 1. The van der Waals surface area contributed by atoms with Gasteiger partial charge in [0.15, 0.2) is 11.6 Å². The molecule has 6 nitrogen and oxygen atoms in total. The van der Waals surface area contributed by atoms with Gasteiger partial charge in [-0.05, 0) is 90.5 Å². The number of likely N-dealkylation sites (tertiary alicyclic amines) is 1. The molecule has 0 amide bonds.